The number of nitrogens with zero attached hydrogens (tertiary/aromatic N) is 1. The molecule has 0 amide bonds. The van der Waals surface area contributed by atoms with Gasteiger partial charge in [-0.15, -0.1) is 0 Å². The fourth-order valence-electron chi connectivity index (χ4n) is 3.24. The van der Waals surface area contributed by atoms with E-state index < -0.39 is 0 Å². The van der Waals surface area contributed by atoms with E-state index in [9.17, 15) is 0 Å². The lowest BCUT2D eigenvalue weighted by molar-refractivity contribution is 0.0992. The maximum atomic E-state index is 6.01. The third kappa shape index (κ3) is 3.86. The van der Waals surface area contributed by atoms with Gasteiger partial charge in [0.05, 0.1) is 18.2 Å². The number of guanidine groups is 1. The van der Waals surface area contributed by atoms with Crippen LogP contribution in [0.15, 0.2) is 23.2 Å². The van der Waals surface area contributed by atoms with Crippen LogP contribution in [0.4, 0.5) is 0 Å². The Labute approximate surface area is 141 Å². The van der Waals surface area contributed by atoms with Crippen molar-refractivity contribution in [2.45, 2.75) is 43.9 Å². The highest BCUT2D eigenvalue weighted by Crippen LogP contribution is 2.34. The molecule has 4 nitrogen and oxygen atoms in total. The molecule has 1 aromatic rings. The Morgan fingerprint density at radius 2 is 2.05 bits per heavy atom. The smallest absolute Gasteiger partial charge is 0.191 e. The number of aliphatic imine (C=N–C) groups is 1. The van der Waals surface area contributed by atoms with Gasteiger partial charge in [0.2, 0.25) is 0 Å². The zero-order valence-electron chi connectivity index (χ0n) is 12.6. The molecule has 2 saturated heterocycles. The molecule has 2 aliphatic heterocycles. The van der Waals surface area contributed by atoms with Gasteiger partial charge in [-0.3, -0.25) is 4.99 Å². The molecular weight excluding hydrogens is 321 g/mol. The highest BCUT2D eigenvalue weighted by molar-refractivity contribution is 6.34. The van der Waals surface area contributed by atoms with E-state index >= 15 is 0 Å². The second-order valence-electron chi connectivity index (χ2n) is 5.89. The van der Waals surface area contributed by atoms with Gasteiger partial charge in [-0.1, -0.05) is 23.2 Å². The van der Waals surface area contributed by atoms with Crippen LogP contribution in [0.1, 0.15) is 24.8 Å². The first-order chi connectivity index (χ1) is 10.6. The van der Waals surface area contributed by atoms with Crippen LogP contribution >= 0.6 is 23.2 Å². The van der Waals surface area contributed by atoms with Crippen LogP contribution in [-0.4, -0.2) is 37.8 Å². The number of benzene rings is 1. The first-order valence-corrected chi connectivity index (χ1v) is 8.47. The van der Waals surface area contributed by atoms with Gasteiger partial charge in [-0.25, -0.2) is 0 Å². The second-order valence-corrected chi connectivity index (χ2v) is 6.76. The van der Waals surface area contributed by atoms with E-state index in [1.165, 1.54) is 6.42 Å². The molecule has 0 spiro atoms. The largest absolute Gasteiger partial charge is 0.373 e. The van der Waals surface area contributed by atoms with E-state index in [4.69, 9.17) is 27.9 Å². The van der Waals surface area contributed by atoms with Gasteiger partial charge in [0.25, 0.3) is 0 Å². The molecule has 2 bridgehead atoms. The fraction of sp³-hybridized carbons (Fsp3) is 0.562. The lowest BCUT2D eigenvalue weighted by Crippen LogP contribution is -2.47. The van der Waals surface area contributed by atoms with Gasteiger partial charge in [0, 0.05) is 23.6 Å². The topological polar surface area (TPSA) is 45.7 Å². The summed E-state index contributed by atoms with van der Waals surface area (Å²) in [5, 5.41) is 8.15. The van der Waals surface area contributed by atoms with Crippen molar-refractivity contribution in [1.82, 2.24) is 10.6 Å². The Bertz CT molecular complexity index is 544. The van der Waals surface area contributed by atoms with Crippen LogP contribution < -0.4 is 10.6 Å². The predicted octanol–water partition coefficient (Wildman–Crippen LogP) is 3.02. The number of nitrogens with one attached hydrogen (secondary N) is 2. The average molecular weight is 342 g/mol. The van der Waals surface area contributed by atoms with Crippen molar-refractivity contribution in [2.24, 2.45) is 4.99 Å². The Balaban J connectivity index is 1.47. The van der Waals surface area contributed by atoms with Crippen LogP contribution in [0.25, 0.3) is 0 Å². The SMILES string of the molecule is CN=C(NCCc1cc(Cl)cc(Cl)c1)NC1CC2CCC1O2. The number of fused-ring (bicyclic) bond motifs is 2. The van der Waals surface area contributed by atoms with E-state index in [1.807, 2.05) is 12.1 Å². The van der Waals surface area contributed by atoms with Crippen LogP contribution in [0, 0.1) is 0 Å². The molecular formula is C16H21Cl2N3O. The van der Waals surface area contributed by atoms with Crippen molar-refractivity contribution < 1.29 is 4.74 Å². The fourth-order valence-corrected chi connectivity index (χ4v) is 3.81. The summed E-state index contributed by atoms with van der Waals surface area (Å²) < 4.78 is 5.86. The molecule has 120 valence electrons. The maximum absolute atomic E-state index is 6.01. The highest BCUT2D eigenvalue weighted by Gasteiger charge is 2.41. The molecule has 2 N–H and O–H groups in total. The van der Waals surface area contributed by atoms with E-state index in [1.54, 1.807) is 13.1 Å². The van der Waals surface area contributed by atoms with Crippen LogP contribution in [0.5, 0.6) is 0 Å². The molecule has 6 heteroatoms. The Morgan fingerprint density at radius 1 is 1.27 bits per heavy atom. The van der Waals surface area contributed by atoms with Gasteiger partial charge in [0.15, 0.2) is 5.96 Å². The number of rotatable bonds is 4. The molecule has 2 fully saturated rings. The number of hydrogen-bond acceptors (Lipinski definition) is 2. The Hall–Kier alpha value is -0.970. The average Bonchev–Trinajstić information content (AvgIpc) is 3.07. The van der Waals surface area contributed by atoms with Crippen molar-refractivity contribution in [1.29, 1.82) is 0 Å². The first-order valence-electron chi connectivity index (χ1n) is 7.71. The van der Waals surface area contributed by atoms with Crippen molar-refractivity contribution >= 4 is 29.2 Å². The summed E-state index contributed by atoms with van der Waals surface area (Å²) in [6.45, 7) is 0.776. The van der Waals surface area contributed by atoms with E-state index in [2.05, 4.69) is 15.6 Å². The Kier molecular flexibility index (Phi) is 5.11. The van der Waals surface area contributed by atoms with Gasteiger partial charge < -0.3 is 15.4 Å². The summed E-state index contributed by atoms with van der Waals surface area (Å²) in [6.07, 6.45) is 5.05. The Morgan fingerprint density at radius 3 is 2.64 bits per heavy atom. The molecule has 22 heavy (non-hydrogen) atoms. The summed E-state index contributed by atoms with van der Waals surface area (Å²) >= 11 is 12.0. The summed E-state index contributed by atoms with van der Waals surface area (Å²) in [5.74, 6) is 0.828. The van der Waals surface area contributed by atoms with E-state index in [0.717, 1.165) is 37.3 Å². The zero-order valence-corrected chi connectivity index (χ0v) is 14.1. The molecule has 3 unspecified atom stereocenters. The molecule has 2 aliphatic rings. The van der Waals surface area contributed by atoms with Crippen molar-refractivity contribution in [3.8, 4) is 0 Å². The molecule has 3 rings (SSSR count). The monoisotopic (exact) mass is 341 g/mol. The van der Waals surface area contributed by atoms with Crippen LogP contribution in [-0.2, 0) is 11.2 Å². The minimum absolute atomic E-state index is 0.343. The third-order valence-electron chi connectivity index (χ3n) is 4.28. The normalized spacial score (nSPS) is 27.2. The van der Waals surface area contributed by atoms with E-state index in [-0.39, 0.29) is 0 Å². The third-order valence-corrected chi connectivity index (χ3v) is 4.72. The first kappa shape index (κ1) is 15.9. The molecule has 2 heterocycles. The quantitative estimate of drug-likeness (QED) is 0.653. The standard InChI is InChI=1S/C16H21Cl2N3O/c1-19-16(21-14-9-13-2-3-15(14)22-13)20-5-4-10-6-11(17)8-12(18)7-10/h6-8,13-15H,2-5,9H2,1H3,(H2,19,20,21). The maximum Gasteiger partial charge on any atom is 0.191 e. The van der Waals surface area contributed by atoms with Crippen molar-refractivity contribution in [3.05, 3.63) is 33.8 Å². The zero-order chi connectivity index (χ0) is 15.5. The predicted molar refractivity (Wildman–Crippen MR) is 91.0 cm³/mol. The second kappa shape index (κ2) is 7.07. The summed E-state index contributed by atoms with van der Waals surface area (Å²) in [6, 6.07) is 6.00. The summed E-state index contributed by atoms with van der Waals surface area (Å²) in [4.78, 5) is 4.29. The lowest BCUT2D eigenvalue weighted by Gasteiger charge is -2.22. The number of ether oxygens (including phenoxy) is 1. The van der Waals surface area contributed by atoms with Gasteiger partial charge in [-0.2, -0.15) is 0 Å². The van der Waals surface area contributed by atoms with Crippen molar-refractivity contribution in [3.63, 3.8) is 0 Å². The molecule has 0 saturated carbocycles. The van der Waals surface area contributed by atoms with Crippen molar-refractivity contribution in [2.75, 3.05) is 13.6 Å². The van der Waals surface area contributed by atoms with E-state index in [0.29, 0.717) is 28.3 Å². The minimum Gasteiger partial charge on any atom is -0.373 e. The molecule has 3 atom stereocenters. The lowest BCUT2D eigenvalue weighted by atomic mass is 9.96. The molecule has 1 aromatic carbocycles. The van der Waals surface area contributed by atoms with Crippen LogP contribution in [0.2, 0.25) is 10.0 Å². The molecule has 0 aromatic heterocycles. The number of halogens is 2. The summed E-state index contributed by atoms with van der Waals surface area (Å²) in [7, 11) is 1.79. The van der Waals surface area contributed by atoms with Gasteiger partial charge in [-0.05, 0) is 49.4 Å². The number of hydrogen-bond donors (Lipinski definition) is 2. The molecule has 0 radical (unpaired) electrons. The highest BCUT2D eigenvalue weighted by atomic mass is 35.5. The van der Waals surface area contributed by atoms with Gasteiger partial charge in [0.1, 0.15) is 0 Å². The van der Waals surface area contributed by atoms with Crippen LogP contribution in [0.3, 0.4) is 0 Å². The minimum atomic E-state index is 0.343. The summed E-state index contributed by atoms with van der Waals surface area (Å²) in [5.41, 5.74) is 1.11. The van der Waals surface area contributed by atoms with Gasteiger partial charge >= 0.3 is 0 Å². The molecule has 0 aliphatic carbocycles.